The Bertz CT molecular complexity index is 1230. The lowest BCUT2D eigenvalue weighted by Gasteiger charge is -2.07. The largest absolute Gasteiger partial charge is 0.465 e. The van der Waals surface area contributed by atoms with Gasteiger partial charge < -0.3 is 9.30 Å². The minimum Gasteiger partial charge on any atom is -0.465 e. The summed E-state index contributed by atoms with van der Waals surface area (Å²) in [6, 6.07) is 13.8. The zero-order valence-corrected chi connectivity index (χ0v) is 16.2. The molecule has 8 heteroatoms. The highest BCUT2D eigenvalue weighted by atomic mass is 16.6. The Labute approximate surface area is 171 Å². The van der Waals surface area contributed by atoms with Crippen LogP contribution in [0.3, 0.4) is 0 Å². The lowest BCUT2D eigenvalue weighted by molar-refractivity contribution is -0.384. The number of aryl methyl sites for hydroxylation is 2. The summed E-state index contributed by atoms with van der Waals surface area (Å²) in [4.78, 5) is 30.9. The van der Waals surface area contributed by atoms with Crippen molar-refractivity contribution in [2.75, 3.05) is 7.11 Å². The number of methoxy groups -OCH3 is 1. The predicted octanol–water partition coefficient (Wildman–Crippen LogP) is 4.04. The molecule has 0 aliphatic carbocycles. The van der Waals surface area contributed by atoms with Crippen molar-refractivity contribution in [2.24, 2.45) is 0 Å². The summed E-state index contributed by atoms with van der Waals surface area (Å²) >= 11 is 0. The van der Waals surface area contributed by atoms with Crippen molar-refractivity contribution in [1.29, 1.82) is 0 Å². The summed E-state index contributed by atoms with van der Waals surface area (Å²) in [5, 5.41) is 11.8. The monoisotopic (exact) mass is 402 g/mol. The molecule has 0 amide bonds. The second-order valence-corrected chi connectivity index (χ2v) is 6.73. The van der Waals surface area contributed by atoms with Crippen LogP contribution in [0, 0.1) is 10.1 Å². The number of hydrogen-bond acceptors (Lipinski definition) is 6. The van der Waals surface area contributed by atoms with Gasteiger partial charge in [0.25, 0.3) is 5.69 Å². The lowest BCUT2D eigenvalue weighted by atomic mass is 10.1. The van der Waals surface area contributed by atoms with E-state index in [9.17, 15) is 14.9 Å². The van der Waals surface area contributed by atoms with E-state index in [2.05, 4.69) is 14.5 Å². The Balaban J connectivity index is 1.54. The molecule has 1 aromatic carbocycles. The molecule has 0 bridgehead atoms. The van der Waals surface area contributed by atoms with Gasteiger partial charge in [0.15, 0.2) is 0 Å². The van der Waals surface area contributed by atoms with Crippen LogP contribution in [0.2, 0.25) is 0 Å². The van der Waals surface area contributed by atoms with Crippen LogP contribution in [0.15, 0.2) is 67.1 Å². The first kappa shape index (κ1) is 19.3. The van der Waals surface area contributed by atoms with Crippen LogP contribution in [0.5, 0.6) is 0 Å². The molecule has 0 saturated heterocycles. The maximum absolute atomic E-state index is 11.7. The molecule has 0 unspecified atom stereocenters. The van der Waals surface area contributed by atoms with E-state index in [1.54, 1.807) is 36.7 Å². The Kier molecular flexibility index (Phi) is 5.21. The van der Waals surface area contributed by atoms with Gasteiger partial charge in [-0.05, 0) is 36.2 Å². The first-order chi connectivity index (χ1) is 14.5. The average Bonchev–Trinajstić information content (AvgIpc) is 3.19. The second kappa shape index (κ2) is 8.12. The molecule has 0 fully saturated rings. The first-order valence-electron chi connectivity index (χ1n) is 9.28. The quantitative estimate of drug-likeness (QED) is 0.274. The van der Waals surface area contributed by atoms with Crippen molar-refractivity contribution in [2.45, 2.75) is 13.0 Å². The van der Waals surface area contributed by atoms with Crippen LogP contribution in [-0.2, 0) is 17.7 Å². The molecule has 30 heavy (non-hydrogen) atoms. The van der Waals surface area contributed by atoms with Crippen LogP contribution in [0.1, 0.15) is 15.9 Å². The standard InChI is InChI=1S/C22H18N4O4/c1-30-22(27)17-6-9-23-19(13-17)20-12-16-8-11-25(21(16)14-24-20)10-7-15-2-4-18(5-3-15)26(28)29/h2-6,8-9,11-14H,7,10H2,1H3. The molecule has 0 N–H and O–H groups in total. The van der Waals surface area contributed by atoms with E-state index in [-0.39, 0.29) is 5.69 Å². The van der Waals surface area contributed by atoms with Crippen LogP contribution in [0.25, 0.3) is 22.3 Å². The maximum Gasteiger partial charge on any atom is 0.337 e. The molecule has 0 saturated carbocycles. The SMILES string of the molecule is COC(=O)c1ccnc(-c2cc3ccn(CCc4ccc([N+](=O)[O-])cc4)c3cn2)c1. The van der Waals surface area contributed by atoms with E-state index < -0.39 is 10.9 Å². The number of fused-ring (bicyclic) bond motifs is 1. The molecule has 150 valence electrons. The van der Waals surface area contributed by atoms with Gasteiger partial charge >= 0.3 is 5.97 Å². The van der Waals surface area contributed by atoms with E-state index in [4.69, 9.17) is 4.74 Å². The Morgan fingerprint density at radius 2 is 1.87 bits per heavy atom. The fourth-order valence-corrected chi connectivity index (χ4v) is 3.27. The topological polar surface area (TPSA) is 100 Å². The Morgan fingerprint density at radius 1 is 1.10 bits per heavy atom. The van der Waals surface area contributed by atoms with Crippen molar-refractivity contribution in [3.8, 4) is 11.4 Å². The van der Waals surface area contributed by atoms with Crippen LogP contribution in [-0.4, -0.2) is 32.5 Å². The zero-order valence-electron chi connectivity index (χ0n) is 16.2. The number of pyridine rings is 2. The van der Waals surface area contributed by atoms with Gasteiger partial charge in [-0.25, -0.2) is 4.79 Å². The summed E-state index contributed by atoms with van der Waals surface area (Å²) in [5.74, 6) is -0.419. The van der Waals surface area contributed by atoms with Gasteiger partial charge in [-0.2, -0.15) is 0 Å². The van der Waals surface area contributed by atoms with Crippen molar-refractivity contribution in [3.05, 3.63) is 88.4 Å². The first-order valence-corrected chi connectivity index (χ1v) is 9.28. The van der Waals surface area contributed by atoms with Gasteiger partial charge in [0, 0.05) is 36.5 Å². The molecule has 4 aromatic rings. The van der Waals surface area contributed by atoms with E-state index in [0.717, 1.165) is 29.4 Å². The van der Waals surface area contributed by atoms with Gasteiger partial charge in [-0.3, -0.25) is 20.1 Å². The van der Waals surface area contributed by atoms with Crippen LogP contribution in [0.4, 0.5) is 5.69 Å². The van der Waals surface area contributed by atoms with E-state index in [1.807, 2.05) is 18.3 Å². The van der Waals surface area contributed by atoms with Crippen molar-refractivity contribution in [3.63, 3.8) is 0 Å². The lowest BCUT2D eigenvalue weighted by Crippen LogP contribution is -2.02. The van der Waals surface area contributed by atoms with Crippen LogP contribution < -0.4 is 0 Å². The van der Waals surface area contributed by atoms with E-state index >= 15 is 0 Å². The van der Waals surface area contributed by atoms with Crippen molar-refractivity contribution in [1.82, 2.24) is 14.5 Å². The maximum atomic E-state index is 11.7. The van der Waals surface area contributed by atoms with E-state index in [1.165, 1.54) is 19.2 Å². The number of nitro groups is 1. The molecule has 0 radical (unpaired) electrons. The van der Waals surface area contributed by atoms with Crippen molar-refractivity contribution < 1.29 is 14.5 Å². The molecule has 3 heterocycles. The summed E-state index contributed by atoms with van der Waals surface area (Å²) in [6.07, 6.45) is 6.07. The smallest absolute Gasteiger partial charge is 0.337 e. The highest BCUT2D eigenvalue weighted by molar-refractivity contribution is 5.90. The minimum atomic E-state index is -0.419. The molecule has 3 aromatic heterocycles. The van der Waals surface area contributed by atoms with Gasteiger partial charge in [0.1, 0.15) is 0 Å². The highest BCUT2D eigenvalue weighted by Gasteiger charge is 2.11. The zero-order chi connectivity index (χ0) is 21.1. The number of nitro benzene ring substituents is 1. The number of ether oxygens (including phenoxy) is 1. The Hall–Kier alpha value is -4.07. The molecule has 0 aliphatic rings. The fraction of sp³-hybridized carbons (Fsp3) is 0.136. The number of hydrogen-bond donors (Lipinski definition) is 0. The third-order valence-electron chi connectivity index (χ3n) is 4.89. The Morgan fingerprint density at radius 3 is 2.60 bits per heavy atom. The number of carbonyl (C=O) groups excluding carboxylic acids is 1. The van der Waals surface area contributed by atoms with Gasteiger partial charge in [-0.15, -0.1) is 0 Å². The van der Waals surface area contributed by atoms with Gasteiger partial charge in [0.05, 0.1) is 40.7 Å². The molecule has 0 aliphatic heterocycles. The number of aromatic nitrogens is 3. The number of benzene rings is 1. The summed E-state index contributed by atoms with van der Waals surface area (Å²) in [7, 11) is 1.34. The molecular weight excluding hydrogens is 384 g/mol. The fourth-order valence-electron chi connectivity index (χ4n) is 3.27. The summed E-state index contributed by atoms with van der Waals surface area (Å²) in [5.41, 5.74) is 3.78. The highest BCUT2D eigenvalue weighted by Crippen LogP contribution is 2.23. The molecule has 0 spiro atoms. The molecule has 0 atom stereocenters. The molecule has 8 nitrogen and oxygen atoms in total. The van der Waals surface area contributed by atoms with E-state index in [0.29, 0.717) is 17.0 Å². The summed E-state index contributed by atoms with van der Waals surface area (Å²) in [6.45, 7) is 0.721. The number of rotatable bonds is 6. The molecular formula is C22H18N4O4. The van der Waals surface area contributed by atoms with Gasteiger partial charge in [0.2, 0.25) is 0 Å². The number of carbonyl (C=O) groups is 1. The molecule has 4 rings (SSSR count). The number of esters is 1. The number of nitrogens with zero attached hydrogens (tertiary/aromatic N) is 4. The minimum absolute atomic E-state index is 0.0896. The summed E-state index contributed by atoms with van der Waals surface area (Å²) < 4.78 is 6.85. The third-order valence-corrected chi connectivity index (χ3v) is 4.89. The van der Waals surface area contributed by atoms with Crippen molar-refractivity contribution >= 4 is 22.6 Å². The average molecular weight is 402 g/mol. The van der Waals surface area contributed by atoms with Crippen LogP contribution >= 0.6 is 0 Å². The second-order valence-electron chi connectivity index (χ2n) is 6.73. The third kappa shape index (κ3) is 3.88. The normalized spacial score (nSPS) is 10.8. The van der Waals surface area contributed by atoms with Gasteiger partial charge in [-0.1, -0.05) is 12.1 Å². The number of non-ortho nitro benzene ring substituents is 1. The predicted molar refractivity (Wildman–Crippen MR) is 111 cm³/mol.